The lowest BCUT2D eigenvalue weighted by Gasteiger charge is -2.05. The van der Waals surface area contributed by atoms with Crippen LogP contribution < -0.4 is 10.6 Å². The Kier molecular flexibility index (Phi) is 2.99. The lowest BCUT2D eigenvalue weighted by Crippen LogP contribution is -2.17. The zero-order chi connectivity index (χ0) is 8.97. The summed E-state index contributed by atoms with van der Waals surface area (Å²) in [5, 5.41) is 5.44. The van der Waals surface area contributed by atoms with Crippen LogP contribution in [0, 0.1) is 11.6 Å². The molecule has 1 aromatic carbocycles. The molecule has 0 radical (unpaired) electrons. The second-order valence-electron chi connectivity index (χ2n) is 2.33. The fraction of sp³-hybridized carbons (Fsp3) is 0.250. The molecule has 0 atom stereocenters. The Morgan fingerprint density at radius 2 is 2.08 bits per heavy atom. The van der Waals surface area contributed by atoms with Crippen LogP contribution in [0.4, 0.5) is 14.5 Å². The molecule has 0 aliphatic rings. The minimum atomic E-state index is -0.452. The minimum Gasteiger partial charge on any atom is -0.370 e. The van der Waals surface area contributed by atoms with Gasteiger partial charge in [-0.3, -0.25) is 0 Å². The number of hydrogen-bond acceptors (Lipinski definition) is 2. The van der Waals surface area contributed by atoms with Crippen LogP contribution in [-0.2, 0) is 0 Å². The Bertz CT molecular complexity index is 263. The van der Waals surface area contributed by atoms with E-state index < -0.39 is 11.6 Å². The molecular weight excluding hydrogens is 162 g/mol. The molecule has 0 aliphatic carbocycles. The summed E-state index contributed by atoms with van der Waals surface area (Å²) in [6.45, 7) is 0.403. The normalized spacial score (nSPS) is 9.92. The minimum absolute atomic E-state index is 0.171. The third-order valence-electron chi connectivity index (χ3n) is 1.38. The second-order valence-corrected chi connectivity index (χ2v) is 2.33. The van der Waals surface area contributed by atoms with Crippen molar-refractivity contribution >= 4 is 5.69 Å². The Morgan fingerprint density at radius 1 is 1.33 bits per heavy atom. The van der Waals surface area contributed by atoms with Gasteiger partial charge in [-0.2, -0.15) is 0 Å². The van der Waals surface area contributed by atoms with Crippen molar-refractivity contribution < 1.29 is 8.78 Å². The van der Waals surface area contributed by atoms with Crippen LogP contribution in [0.15, 0.2) is 18.2 Å². The lowest BCUT2D eigenvalue weighted by molar-refractivity contribution is 0.601. The summed E-state index contributed by atoms with van der Waals surface area (Å²) in [5.74, 6) is -0.901. The van der Waals surface area contributed by atoms with Crippen LogP contribution in [0.25, 0.3) is 0 Å². The molecule has 12 heavy (non-hydrogen) atoms. The Labute approximate surface area is 69.6 Å². The van der Waals surface area contributed by atoms with Crippen molar-refractivity contribution in [2.75, 3.05) is 19.0 Å². The standard InChI is InChI=1S/C8H10F2N2/c1-11-5-12-8-4-6(9)2-3-7(8)10/h2-4,11-12H,5H2,1H3. The number of halogens is 2. The highest BCUT2D eigenvalue weighted by molar-refractivity contribution is 5.44. The van der Waals surface area contributed by atoms with Gasteiger partial charge in [-0.15, -0.1) is 0 Å². The highest BCUT2D eigenvalue weighted by Gasteiger charge is 2.01. The molecule has 2 N–H and O–H groups in total. The van der Waals surface area contributed by atoms with E-state index >= 15 is 0 Å². The van der Waals surface area contributed by atoms with Gasteiger partial charge in [0.2, 0.25) is 0 Å². The van der Waals surface area contributed by atoms with Crippen molar-refractivity contribution in [2.24, 2.45) is 0 Å². The molecule has 2 nitrogen and oxygen atoms in total. The van der Waals surface area contributed by atoms with Crippen molar-refractivity contribution in [3.8, 4) is 0 Å². The van der Waals surface area contributed by atoms with Crippen LogP contribution in [0.5, 0.6) is 0 Å². The van der Waals surface area contributed by atoms with Crippen molar-refractivity contribution in [2.45, 2.75) is 0 Å². The zero-order valence-corrected chi connectivity index (χ0v) is 6.70. The molecule has 1 rings (SSSR count). The summed E-state index contributed by atoms with van der Waals surface area (Å²) < 4.78 is 25.4. The summed E-state index contributed by atoms with van der Waals surface area (Å²) in [5.41, 5.74) is 0.171. The van der Waals surface area contributed by atoms with E-state index in [1.807, 2.05) is 0 Å². The number of hydrogen-bond donors (Lipinski definition) is 2. The van der Waals surface area contributed by atoms with E-state index in [0.717, 1.165) is 18.2 Å². The van der Waals surface area contributed by atoms with E-state index in [0.29, 0.717) is 6.67 Å². The second kappa shape index (κ2) is 4.01. The molecule has 0 saturated heterocycles. The van der Waals surface area contributed by atoms with Crippen LogP contribution >= 0.6 is 0 Å². The van der Waals surface area contributed by atoms with Gasteiger partial charge in [0.05, 0.1) is 12.4 Å². The maximum absolute atomic E-state index is 12.8. The summed E-state index contributed by atoms with van der Waals surface area (Å²) >= 11 is 0. The van der Waals surface area contributed by atoms with Crippen LogP contribution in [0.3, 0.4) is 0 Å². The van der Waals surface area contributed by atoms with E-state index in [4.69, 9.17) is 0 Å². The Hall–Kier alpha value is -1.16. The highest BCUT2D eigenvalue weighted by Crippen LogP contribution is 2.14. The summed E-state index contributed by atoms with van der Waals surface area (Å²) in [4.78, 5) is 0. The molecule has 0 bridgehead atoms. The van der Waals surface area contributed by atoms with Crippen LogP contribution in [-0.4, -0.2) is 13.7 Å². The Morgan fingerprint density at radius 3 is 2.75 bits per heavy atom. The molecule has 0 fully saturated rings. The predicted molar refractivity (Wildman–Crippen MR) is 43.9 cm³/mol. The van der Waals surface area contributed by atoms with Gasteiger partial charge in [-0.25, -0.2) is 8.78 Å². The molecule has 0 amide bonds. The molecular formula is C8H10F2N2. The third-order valence-corrected chi connectivity index (χ3v) is 1.38. The predicted octanol–water partition coefficient (Wildman–Crippen LogP) is 1.55. The van der Waals surface area contributed by atoms with Crippen molar-refractivity contribution in [1.82, 2.24) is 5.32 Å². The van der Waals surface area contributed by atoms with Gasteiger partial charge in [0, 0.05) is 0 Å². The average Bonchev–Trinajstić information content (AvgIpc) is 2.07. The topological polar surface area (TPSA) is 24.1 Å². The summed E-state index contributed by atoms with van der Waals surface area (Å²) in [6.07, 6.45) is 0. The molecule has 1 aromatic rings. The van der Waals surface area contributed by atoms with Gasteiger partial charge in [0.15, 0.2) is 0 Å². The fourth-order valence-corrected chi connectivity index (χ4v) is 0.817. The quantitative estimate of drug-likeness (QED) is 0.676. The van der Waals surface area contributed by atoms with E-state index in [1.54, 1.807) is 7.05 Å². The van der Waals surface area contributed by atoms with Gasteiger partial charge in [0.1, 0.15) is 11.6 Å². The smallest absolute Gasteiger partial charge is 0.146 e. The van der Waals surface area contributed by atoms with E-state index in [1.165, 1.54) is 0 Å². The SMILES string of the molecule is CNCNc1cc(F)ccc1F. The number of anilines is 1. The summed E-state index contributed by atoms with van der Waals surface area (Å²) in [7, 11) is 1.71. The van der Waals surface area contributed by atoms with E-state index in [9.17, 15) is 8.78 Å². The molecule has 0 saturated carbocycles. The Balaban J connectivity index is 2.75. The molecule has 0 aromatic heterocycles. The van der Waals surface area contributed by atoms with Gasteiger partial charge in [-0.05, 0) is 25.2 Å². The van der Waals surface area contributed by atoms with Crippen molar-refractivity contribution in [3.63, 3.8) is 0 Å². The van der Waals surface area contributed by atoms with Gasteiger partial charge in [0.25, 0.3) is 0 Å². The maximum Gasteiger partial charge on any atom is 0.146 e. The van der Waals surface area contributed by atoms with E-state index in [-0.39, 0.29) is 5.69 Å². The fourth-order valence-electron chi connectivity index (χ4n) is 0.817. The maximum atomic E-state index is 12.8. The van der Waals surface area contributed by atoms with Gasteiger partial charge < -0.3 is 10.6 Å². The first-order valence-electron chi connectivity index (χ1n) is 3.57. The highest BCUT2D eigenvalue weighted by atomic mass is 19.1. The lowest BCUT2D eigenvalue weighted by atomic mass is 10.3. The third kappa shape index (κ3) is 2.17. The monoisotopic (exact) mass is 172 g/mol. The van der Waals surface area contributed by atoms with Gasteiger partial charge >= 0.3 is 0 Å². The number of benzene rings is 1. The van der Waals surface area contributed by atoms with E-state index in [2.05, 4.69) is 10.6 Å². The van der Waals surface area contributed by atoms with Crippen LogP contribution in [0.1, 0.15) is 0 Å². The first-order valence-corrected chi connectivity index (χ1v) is 3.57. The van der Waals surface area contributed by atoms with Gasteiger partial charge in [-0.1, -0.05) is 0 Å². The summed E-state index contributed by atoms with van der Waals surface area (Å²) in [6, 6.07) is 3.29. The molecule has 4 heteroatoms. The zero-order valence-electron chi connectivity index (χ0n) is 6.70. The van der Waals surface area contributed by atoms with Crippen molar-refractivity contribution in [1.29, 1.82) is 0 Å². The number of rotatable bonds is 3. The molecule has 66 valence electrons. The molecule has 0 aliphatic heterocycles. The number of nitrogens with one attached hydrogen (secondary N) is 2. The molecule has 0 unspecified atom stereocenters. The molecule has 0 spiro atoms. The molecule has 0 heterocycles. The van der Waals surface area contributed by atoms with Crippen LogP contribution in [0.2, 0.25) is 0 Å². The van der Waals surface area contributed by atoms with Crippen molar-refractivity contribution in [3.05, 3.63) is 29.8 Å². The first-order chi connectivity index (χ1) is 5.74. The largest absolute Gasteiger partial charge is 0.370 e. The average molecular weight is 172 g/mol. The first kappa shape index (κ1) is 8.93.